The normalized spacial score (nSPS) is 14.1. The molecule has 640 valence electrons. The van der Waals surface area contributed by atoms with Gasteiger partial charge in [0.2, 0.25) is 76.8 Å². The van der Waals surface area contributed by atoms with Crippen LogP contribution in [0.5, 0.6) is 11.5 Å². The fraction of sp³-hybridized carbons (Fsp3) is 0.449. The number of H-pyrrole nitrogens is 1. The molecule has 12 atom stereocenters. The molecule has 5 rings (SSSR count). The first-order chi connectivity index (χ1) is 56.0. The van der Waals surface area contributed by atoms with Crippen molar-refractivity contribution in [3.63, 3.8) is 0 Å². The number of aromatic amines is 1. The highest BCUT2D eigenvalue weighted by molar-refractivity contribution is 6.01. The van der Waals surface area contributed by atoms with Crippen molar-refractivity contribution in [1.29, 1.82) is 0 Å². The third kappa shape index (κ3) is 32.6. The van der Waals surface area contributed by atoms with Crippen molar-refractivity contribution in [3.05, 3.63) is 132 Å². The molecule has 0 aliphatic carbocycles. The molecule has 0 aliphatic rings. The van der Waals surface area contributed by atoms with Gasteiger partial charge in [-0.15, -0.1) is 0 Å². The Balaban J connectivity index is 1.41. The van der Waals surface area contributed by atoms with E-state index in [9.17, 15) is 107 Å². The fourth-order valence-corrected chi connectivity index (χ4v) is 12.1. The standard InChI is InChI=1S/C78H105N17O23/c1-41(2)66(78(118)85-43(4)67(107)87-54(28-29-62(99)100)69(109)83-40-65(105)106)95-71(111)53(19-11-13-31-80)89-77(117)60(37-64(103)104)94-74(114)57(34-46-22-26-49(97)27-23-46)91-73(113)55(33-45-20-24-48(96)25-21-45)90-68(108)42(3)84-70(110)52(18-10-12-30-79)88-72(112)56(32-44-14-6-5-7-15-44)92-75(115)58(35-47-39-82-51-17-9-8-16-50(47)51)93-76(116)59(36-63(101)102)86-61(98)38-81/h5-9,14-17,20-27,39,41-43,52-60,66,82,96-97H,10-13,18-19,28-38,40,79-81H2,1-4H3,(H,83,109)(H,84,110)(H,85,118)(H,86,98)(H,87,107)(H,88,112)(H,89,117)(H,90,108)(H,91,113)(H,92,115)(H,93,116)(H,94,114)(H,95,111)(H,99,100)(H,101,102)(H,103,104)(H,105,106)/t42-,43-,52-,53-,54-,55-,56-,57-,58-,59-,60-,66-/m0/s1. The summed E-state index contributed by atoms with van der Waals surface area (Å²) in [5, 5.41) is 91.1. The lowest BCUT2D eigenvalue weighted by atomic mass is 10.0. The lowest BCUT2D eigenvalue weighted by Crippen LogP contribution is -2.61. The molecule has 26 N–H and O–H groups in total. The molecule has 0 spiro atoms. The Labute approximate surface area is 677 Å². The summed E-state index contributed by atoms with van der Waals surface area (Å²) in [5.41, 5.74) is 19.3. The zero-order valence-corrected chi connectivity index (χ0v) is 65.5. The van der Waals surface area contributed by atoms with E-state index in [4.69, 9.17) is 22.3 Å². The molecular weight excluding hydrogens is 1540 g/mol. The van der Waals surface area contributed by atoms with Crippen LogP contribution in [-0.2, 0) is 107 Å². The maximum atomic E-state index is 15.0. The van der Waals surface area contributed by atoms with Gasteiger partial charge in [0.25, 0.3) is 0 Å². The van der Waals surface area contributed by atoms with Crippen LogP contribution in [0.2, 0.25) is 0 Å². The zero-order chi connectivity index (χ0) is 87.3. The van der Waals surface area contributed by atoms with E-state index in [1.54, 1.807) is 60.8 Å². The van der Waals surface area contributed by atoms with Gasteiger partial charge >= 0.3 is 23.9 Å². The largest absolute Gasteiger partial charge is 0.508 e. The zero-order valence-electron chi connectivity index (χ0n) is 65.5. The van der Waals surface area contributed by atoms with Gasteiger partial charge < -0.3 is 122 Å². The van der Waals surface area contributed by atoms with E-state index in [1.165, 1.54) is 76.2 Å². The molecule has 0 aliphatic heterocycles. The second-order valence-corrected chi connectivity index (χ2v) is 28.3. The van der Waals surface area contributed by atoms with Crippen LogP contribution in [0.15, 0.2) is 109 Å². The van der Waals surface area contributed by atoms with Crippen LogP contribution in [0, 0.1) is 5.92 Å². The van der Waals surface area contributed by atoms with Crippen molar-refractivity contribution in [2.24, 2.45) is 23.1 Å². The van der Waals surface area contributed by atoms with Crippen molar-refractivity contribution < 1.29 is 112 Å². The summed E-state index contributed by atoms with van der Waals surface area (Å²) in [7, 11) is 0. The summed E-state index contributed by atoms with van der Waals surface area (Å²) in [6.07, 6.45) is -2.22. The quantitative estimate of drug-likeness (QED) is 0.0169. The van der Waals surface area contributed by atoms with Gasteiger partial charge in [0.15, 0.2) is 0 Å². The number of hydrogen-bond acceptors (Lipinski definition) is 22. The minimum Gasteiger partial charge on any atom is -0.508 e. The number of nitrogens with two attached hydrogens (primary N) is 3. The van der Waals surface area contributed by atoms with E-state index < -0.39 is 231 Å². The maximum absolute atomic E-state index is 15.0. The molecular formula is C78H105N17O23. The van der Waals surface area contributed by atoms with Crippen LogP contribution in [-0.4, -0.2) is 235 Å². The van der Waals surface area contributed by atoms with Crippen LogP contribution < -0.4 is 86.3 Å². The van der Waals surface area contributed by atoms with Crippen LogP contribution in [0.4, 0.5) is 0 Å². The molecule has 118 heavy (non-hydrogen) atoms. The highest BCUT2D eigenvalue weighted by Gasteiger charge is 2.38. The van der Waals surface area contributed by atoms with E-state index >= 15 is 0 Å². The third-order valence-corrected chi connectivity index (χ3v) is 18.5. The van der Waals surface area contributed by atoms with Crippen LogP contribution in [0.25, 0.3) is 10.9 Å². The summed E-state index contributed by atoms with van der Waals surface area (Å²) in [6.45, 7) is 4.22. The summed E-state index contributed by atoms with van der Waals surface area (Å²) in [5.74, 6) is -20.6. The van der Waals surface area contributed by atoms with Crippen LogP contribution >= 0.6 is 0 Å². The second kappa shape index (κ2) is 48.3. The van der Waals surface area contributed by atoms with Crippen LogP contribution in [0.1, 0.15) is 114 Å². The molecule has 0 unspecified atom stereocenters. The Morgan fingerprint density at radius 2 is 0.729 bits per heavy atom. The molecule has 4 aromatic carbocycles. The van der Waals surface area contributed by atoms with Gasteiger partial charge in [-0.3, -0.25) is 81.5 Å². The lowest BCUT2D eigenvalue weighted by molar-refractivity contribution is -0.142. The number of aliphatic carboxylic acids is 4. The van der Waals surface area contributed by atoms with Crippen molar-refractivity contribution in [2.75, 3.05) is 26.2 Å². The SMILES string of the molecule is CC(C)[C@H](NC(=O)[C@H](CCCCN)NC(=O)[C@H](CC(=O)O)NC(=O)[C@H](Cc1ccc(O)cc1)NC(=O)[C@H](Cc1ccc(O)cc1)NC(=O)[C@H](C)NC(=O)[C@H](CCCCN)NC(=O)[C@H](Cc1ccccc1)NC(=O)[C@H](Cc1c[nH]c2ccccc12)NC(=O)[C@H](CC(=O)O)NC(=O)CN)C(=O)N[C@@H](C)C(=O)N[C@@H](CCC(=O)O)C(=O)NCC(=O)O. The number of rotatable bonds is 51. The molecule has 0 fully saturated rings. The summed E-state index contributed by atoms with van der Waals surface area (Å²) < 4.78 is 0. The number of carbonyl (C=O) groups excluding carboxylic acids is 13. The van der Waals surface area contributed by atoms with Gasteiger partial charge in [-0.2, -0.15) is 0 Å². The number of amides is 13. The Morgan fingerprint density at radius 3 is 1.17 bits per heavy atom. The number of aromatic nitrogens is 1. The maximum Gasteiger partial charge on any atom is 0.322 e. The number of hydrogen-bond donors (Lipinski definition) is 23. The minimum absolute atomic E-state index is 0.104. The van der Waals surface area contributed by atoms with E-state index in [2.05, 4.69) is 68.8 Å². The smallest absolute Gasteiger partial charge is 0.322 e. The summed E-state index contributed by atoms with van der Waals surface area (Å²) in [6, 6.07) is 6.43. The molecule has 40 heteroatoms. The molecule has 1 aromatic heterocycles. The number of carboxylic acid groups (broad SMARTS) is 4. The number of phenolic OH excluding ortho intramolecular Hbond substituents is 2. The molecule has 1 heterocycles. The molecule has 40 nitrogen and oxygen atoms in total. The Morgan fingerprint density at radius 1 is 0.356 bits per heavy atom. The molecule has 0 saturated heterocycles. The first-order valence-electron chi connectivity index (χ1n) is 38.0. The lowest BCUT2D eigenvalue weighted by Gasteiger charge is -2.28. The number of carboxylic acids is 4. The van der Waals surface area contributed by atoms with Gasteiger partial charge in [-0.25, -0.2) is 0 Å². The van der Waals surface area contributed by atoms with E-state index in [1.807, 2.05) is 5.32 Å². The average Bonchev–Trinajstić information content (AvgIpc) is 1.66. The summed E-state index contributed by atoms with van der Waals surface area (Å²) >= 11 is 0. The second-order valence-electron chi connectivity index (χ2n) is 28.3. The van der Waals surface area contributed by atoms with Crippen molar-refractivity contribution in [1.82, 2.24) is 74.1 Å². The predicted molar refractivity (Wildman–Crippen MR) is 422 cm³/mol. The third-order valence-electron chi connectivity index (χ3n) is 18.5. The van der Waals surface area contributed by atoms with Crippen molar-refractivity contribution in [2.45, 2.75) is 190 Å². The Bertz CT molecular complexity index is 4320. The van der Waals surface area contributed by atoms with E-state index in [-0.39, 0.29) is 75.1 Å². The fourth-order valence-electron chi connectivity index (χ4n) is 12.1. The number of fused-ring (bicyclic) bond motifs is 1. The molecule has 0 bridgehead atoms. The Hall–Kier alpha value is -13.1. The average molecular weight is 1650 g/mol. The first-order valence-corrected chi connectivity index (χ1v) is 38.0. The minimum atomic E-state index is -2.04. The number of unbranched alkanes of at least 4 members (excludes halogenated alkanes) is 2. The molecule has 5 aromatic rings. The highest BCUT2D eigenvalue weighted by atomic mass is 16.4. The number of phenols is 2. The van der Waals surface area contributed by atoms with Crippen LogP contribution in [0.3, 0.4) is 0 Å². The van der Waals surface area contributed by atoms with Crippen molar-refractivity contribution >= 4 is 112 Å². The summed E-state index contributed by atoms with van der Waals surface area (Å²) in [4.78, 5) is 234. The topological polar surface area (TPSA) is 662 Å². The van der Waals surface area contributed by atoms with Gasteiger partial charge in [0.1, 0.15) is 90.5 Å². The van der Waals surface area contributed by atoms with Gasteiger partial charge in [0, 0.05) is 49.2 Å². The number of benzene rings is 4. The van der Waals surface area contributed by atoms with Crippen molar-refractivity contribution in [3.8, 4) is 11.5 Å². The number of nitrogens with one attached hydrogen (secondary N) is 14. The number of carbonyl (C=O) groups is 17. The molecule has 0 saturated carbocycles. The molecule has 13 amide bonds. The number of aromatic hydroxyl groups is 2. The first kappa shape index (κ1) is 95.5. The van der Waals surface area contributed by atoms with E-state index in [0.29, 0.717) is 34.0 Å². The number of para-hydroxylation sites is 1. The predicted octanol–water partition coefficient (Wildman–Crippen LogP) is -3.41. The highest BCUT2D eigenvalue weighted by Crippen LogP contribution is 2.21. The monoisotopic (exact) mass is 1650 g/mol. The molecule has 0 radical (unpaired) electrons. The van der Waals surface area contributed by atoms with Gasteiger partial charge in [-0.05, 0) is 130 Å². The van der Waals surface area contributed by atoms with E-state index in [0.717, 1.165) is 0 Å². The van der Waals surface area contributed by atoms with Gasteiger partial charge in [0.05, 0.1) is 19.4 Å². The van der Waals surface area contributed by atoms with Gasteiger partial charge in [-0.1, -0.05) is 86.6 Å². The Kier molecular flexibility index (Phi) is 39.1.